The summed E-state index contributed by atoms with van der Waals surface area (Å²) >= 11 is 1.51. The van der Waals surface area contributed by atoms with E-state index in [1.165, 1.54) is 11.3 Å². The number of thiazole rings is 1. The van der Waals surface area contributed by atoms with Crippen LogP contribution in [0.5, 0.6) is 0 Å². The topological polar surface area (TPSA) is 53.9 Å². The minimum atomic E-state index is -0.849. The van der Waals surface area contributed by atoms with Gasteiger partial charge in [-0.25, -0.2) is 4.39 Å². The standard InChI is InChI=1S/C10H12FN5S/c1-16(7-5-12-4-6(7)11)10-14-9-8(17-10)2-3-13-15-9/h2-3,6-7,12H,4-5H2,1H3/t6-,7+/m0/s1. The molecule has 17 heavy (non-hydrogen) atoms. The van der Waals surface area contributed by atoms with Gasteiger partial charge in [0.25, 0.3) is 0 Å². The molecule has 1 N–H and O–H groups in total. The number of likely N-dealkylation sites (N-methyl/N-ethyl adjacent to an activating group) is 1. The van der Waals surface area contributed by atoms with Crippen LogP contribution in [0.1, 0.15) is 0 Å². The summed E-state index contributed by atoms with van der Waals surface area (Å²) in [5.74, 6) is 0. The summed E-state index contributed by atoms with van der Waals surface area (Å²) in [6, 6.07) is 1.72. The number of hydrogen-bond donors (Lipinski definition) is 1. The Morgan fingerprint density at radius 1 is 1.53 bits per heavy atom. The van der Waals surface area contributed by atoms with Crippen molar-refractivity contribution < 1.29 is 4.39 Å². The molecule has 0 radical (unpaired) electrons. The molecule has 1 aliphatic rings. The van der Waals surface area contributed by atoms with E-state index in [4.69, 9.17) is 0 Å². The number of rotatable bonds is 2. The quantitative estimate of drug-likeness (QED) is 0.859. The Morgan fingerprint density at radius 3 is 3.12 bits per heavy atom. The molecule has 3 rings (SSSR count). The van der Waals surface area contributed by atoms with Gasteiger partial charge in [-0.1, -0.05) is 11.3 Å². The highest BCUT2D eigenvalue weighted by molar-refractivity contribution is 7.22. The molecule has 2 aromatic heterocycles. The maximum absolute atomic E-state index is 13.6. The molecule has 0 aliphatic carbocycles. The van der Waals surface area contributed by atoms with Crippen LogP contribution in [0.25, 0.3) is 10.3 Å². The van der Waals surface area contributed by atoms with E-state index < -0.39 is 6.17 Å². The summed E-state index contributed by atoms with van der Waals surface area (Å²) < 4.78 is 14.6. The van der Waals surface area contributed by atoms with E-state index in [0.29, 0.717) is 18.7 Å². The summed E-state index contributed by atoms with van der Waals surface area (Å²) in [7, 11) is 1.87. The van der Waals surface area contributed by atoms with Crippen LogP contribution in [0.2, 0.25) is 0 Å². The molecule has 0 aromatic carbocycles. The average molecular weight is 253 g/mol. The SMILES string of the molecule is CN(c1nc2nnccc2s1)[C@@H]1CNC[C@@H]1F. The van der Waals surface area contributed by atoms with Gasteiger partial charge in [0.1, 0.15) is 6.17 Å². The fraction of sp³-hybridized carbons (Fsp3) is 0.500. The number of alkyl halides is 1. The van der Waals surface area contributed by atoms with Gasteiger partial charge in [-0.2, -0.15) is 10.1 Å². The van der Waals surface area contributed by atoms with E-state index >= 15 is 0 Å². The summed E-state index contributed by atoms with van der Waals surface area (Å²) in [5, 5.41) is 11.6. The fourth-order valence-electron chi connectivity index (χ4n) is 1.99. The predicted molar refractivity (Wildman–Crippen MR) is 65.2 cm³/mol. The number of nitrogens with zero attached hydrogens (tertiary/aromatic N) is 4. The van der Waals surface area contributed by atoms with E-state index in [1.807, 2.05) is 18.0 Å². The molecule has 2 aromatic rings. The Labute approximate surface area is 102 Å². The normalized spacial score (nSPS) is 24.4. The lowest BCUT2D eigenvalue weighted by atomic mass is 10.2. The lowest BCUT2D eigenvalue weighted by molar-refractivity contribution is 0.326. The first-order valence-corrected chi connectivity index (χ1v) is 6.23. The largest absolute Gasteiger partial charge is 0.344 e. The summed E-state index contributed by atoms with van der Waals surface area (Å²) in [6.07, 6.45) is 0.789. The molecule has 0 spiro atoms. The van der Waals surface area contributed by atoms with Gasteiger partial charge in [0.15, 0.2) is 10.8 Å². The first-order chi connectivity index (χ1) is 8.25. The number of halogens is 1. The van der Waals surface area contributed by atoms with Gasteiger partial charge in [-0.3, -0.25) is 0 Å². The third-order valence-corrected chi connectivity index (χ3v) is 4.08. The minimum Gasteiger partial charge on any atom is -0.344 e. The van der Waals surface area contributed by atoms with Crippen LogP contribution in [-0.2, 0) is 0 Å². The molecule has 1 fully saturated rings. The molecule has 3 heterocycles. The van der Waals surface area contributed by atoms with Crippen LogP contribution in [0.15, 0.2) is 12.3 Å². The molecular formula is C10H12FN5S. The zero-order chi connectivity index (χ0) is 11.8. The van der Waals surface area contributed by atoms with Gasteiger partial charge >= 0.3 is 0 Å². The number of nitrogens with one attached hydrogen (secondary N) is 1. The van der Waals surface area contributed by atoms with E-state index in [1.54, 1.807) is 6.20 Å². The second-order valence-electron chi connectivity index (χ2n) is 4.07. The Balaban J connectivity index is 1.92. The third-order valence-electron chi connectivity index (χ3n) is 2.98. The molecule has 0 unspecified atom stereocenters. The van der Waals surface area contributed by atoms with E-state index in [0.717, 1.165) is 9.83 Å². The van der Waals surface area contributed by atoms with Gasteiger partial charge in [0.2, 0.25) is 0 Å². The third kappa shape index (κ3) is 1.85. The first kappa shape index (κ1) is 10.8. The summed E-state index contributed by atoms with van der Waals surface area (Å²) in [4.78, 5) is 6.25. The maximum atomic E-state index is 13.6. The van der Waals surface area contributed by atoms with Gasteiger partial charge in [-0.05, 0) is 6.07 Å². The van der Waals surface area contributed by atoms with Crippen molar-refractivity contribution in [2.24, 2.45) is 0 Å². The number of aromatic nitrogens is 3. The maximum Gasteiger partial charge on any atom is 0.194 e. The van der Waals surface area contributed by atoms with Gasteiger partial charge in [-0.15, -0.1) is 5.10 Å². The lowest BCUT2D eigenvalue weighted by Gasteiger charge is -2.24. The second kappa shape index (κ2) is 4.15. The zero-order valence-electron chi connectivity index (χ0n) is 9.30. The number of hydrogen-bond acceptors (Lipinski definition) is 6. The molecule has 1 aliphatic heterocycles. The van der Waals surface area contributed by atoms with Crippen LogP contribution < -0.4 is 10.2 Å². The van der Waals surface area contributed by atoms with Crippen molar-refractivity contribution in [3.05, 3.63) is 12.3 Å². The fourth-order valence-corrected chi connectivity index (χ4v) is 2.90. The first-order valence-electron chi connectivity index (χ1n) is 5.41. The van der Waals surface area contributed by atoms with Crippen molar-refractivity contribution in [1.82, 2.24) is 20.5 Å². The second-order valence-corrected chi connectivity index (χ2v) is 5.08. The van der Waals surface area contributed by atoms with Gasteiger partial charge in [0.05, 0.1) is 16.9 Å². The van der Waals surface area contributed by atoms with E-state index in [2.05, 4.69) is 20.5 Å². The van der Waals surface area contributed by atoms with Crippen LogP contribution in [0.4, 0.5) is 9.52 Å². The Kier molecular flexibility index (Phi) is 2.64. The lowest BCUT2D eigenvalue weighted by Crippen LogP contribution is -2.38. The molecule has 90 valence electrons. The number of anilines is 1. The van der Waals surface area contributed by atoms with Crippen molar-refractivity contribution in [1.29, 1.82) is 0 Å². The molecule has 0 amide bonds. The van der Waals surface area contributed by atoms with Gasteiger partial charge in [0, 0.05) is 20.1 Å². The molecule has 5 nitrogen and oxygen atoms in total. The van der Waals surface area contributed by atoms with Crippen molar-refractivity contribution in [3.8, 4) is 0 Å². The Bertz CT molecular complexity index is 497. The van der Waals surface area contributed by atoms with Crippen molar-refractivity contribution in [2.75, 3.05) is 25.0 Å². The van der Waals surface area contributed by atoms with Crippen molar-refractivity contribution >= 4 is 26.8 Å². The van der Waals surface area contributed by atoms with Crippen LogP contribution >= 0.6 is 11.3 Å². The molecule has 0 saturated carbocycles. The number of fused-ring (bicyclic) bond motifs is 1. The Morgan fingerprint density at radius 2 is 2.41 bits per heavy atom. The van der Waals surface area contributed by atoms with E-state index in [-0.39, 0.29) is 6.04 Å². The molecule has 1 saturated heterocycles. The summed E-state index contributed by atoms with van der Waals surface area (Å²) in [6.45, 7) is 1.07. The predicted octanol–water partition coefficient (Wildman–Crippen LogP) is 0.832. The summed E-state index contributed by atoms with van der Waals surface area (Å²) in [5.41, 5.74) is 0.626. The minimum absolute atomic E-state index is 0.150. The van der Waals surface area contributed by atoms with Crippen LogP contribution in [-0.4, -0.2) is 47.5 Å². The highest BCUT2D eigenvalue weighted by Gasteiger charge is 2.31. The highest BCUT2D eigenvalue weighted by Crippen LogP contribution is 2.28. The molecule has 2 atom stereocenters. The zero-order valence-corrected chi connectivity index (χ0v) is 10.1. The van der Waals surface area contributed by atoms with Gasteiger partial charge < -0.3 is 10.2 Å². The Hall–Kier alpha value is -1.34. The van der Waals surface area contributed by atoms with Crippen LogP contribution in [0, 0.1) is 0 Å². The average Bonchev–Trinajstić information content (AvgIpc) is 2.93. The molecular weight excluding hydrogens is 241 g/mol. The van der Waals surface area contributed by atoms with E-state index in [9.17, 15) is 4.39 Å². The molecule has 0 bridgehead atoms. The van der Waals surface area contributed by atoms with Crippen molar-refractivity contribution in [3.63, 3.8) is 0 Å². The highest BCUT2D eigenvalue weighted by atomic mass is 32.1. The smallest absolute Gasteiger partial charge is 0.194 e. The monoisotopic (exact) mass is 253 g/mol. The molecule has 7 heteroatoms. The van der Waals surface area contributed by atoms with Crippen LogP contribution in [0.3, 0.4) is 0 Å². The van der Waals surface area contributed by atoms with Crippen molar-refractivity contribution in [2.45, 2.75) is 12.2 Å².